The number of hydrazone groups is 2. The minimum atomic E-state index is -0.489. The Labute approximate surface area is 127 Å². The monoisotopic (exact) mass is 294 g/mol. The summed E-state index contributed by atoms with van der Waals surface area (Å²) >= 11 is 0. The van der Waals surface area contributed by atoms with Crippen molar-refractivity contribution < 1.29 is 9.53 Å². The van der Waals surface area contributed by atoms with E-state index in [2.05, 4.69) is 21.1 Å². The number of carbonyl (C=O) groups is 1. The topological polar surface area (TPSA) is 75.1 Å². The molecular weight excluding hydrogens is 280 g/mol. The Hall–Kier alpha value is -3.15. The summed E-state index contributed by atoms with van der Waals surface area (Å²) in [7, 11) is 0. The number of para-hydroxylation sites is 2. The van der Waals surface area contributed by atoms with Crippen molar-refractivity contribution in [3.05, 3.63) is 60.7 Å². The quantitative estimate of drug-likeness (QED) is 0.671. The highest BCUT2D eigenvalue weighted by molar-refractivity contribution is 6.68. The van der Waals surface area contributed by atoms with Gasteiger partial charge in [0.15, 0.2) is 5.71 Å². The van der Waals surface area contributed by atoms with Crippen LogP contribution >= 0.6 is 0 Å². The predicted octanol–water partition coefficient (Wildman–Crippen LogP) is 2.48. The first-order valence-corrected chi connectivity index (χ1v) is 6.77. The van der Waals surface area contributed by atoms with Crippen LogP contribution in [0.1, 0.15) is 0 Å². The molecule has 0 spiro atoms. The van der Waals surface area contributed by atoms with Crippen molar-refractivity contribution in [2.75, 3.05) is 17.5 Å². The largest absolute Gasteiger partial charge is 0.454 e. The fourth-order valence-corrected chi connectivity index (χ4v) is 1.86. The van der Waals surface area contributed by atoms with Gasteiger partial charge in [0.2, 0.25) is 0 Å². The molecule has 0 aromatic heterocycles. The Morgan fingerprint density at radius 1 is 0.818 bits per heavy atom. The van der Waals surface area contributed by atoms with E-state index in [0.717, 1.165) is 11.4 Å². The molecule has 2 aromatic carbocycles. The van der Waals surface area contributed by atoms with Crippen LogP contribution in [0, 0.1) is 0 Å². The van der Waals surface area contributed by atoms with Gasteiger partial charge in [-0.05, 0) is 24.3 Å². The predicted molar refractivity (Wildman–Crippen MR) is 86.0 cm³/mol. The van der Waals surface area contributed by atoms with E-state index < -0.39 is 5.97 Å². The molecule has 0 saturated carbocycles. The van der Waals surface area contributed by atoms with E-state index in [-0.39, 0.29) is 12.3 Å². The van der Waals surface area contributed by atoms with Gasteiger partial charge in [0, 0.05) is 0 Å². The van der Waals surface area contributed by atoms with Crippen LogP contribution in [0.25, 0.3) is 0 Å². The van der Waals surface area contributed by atoms with Crippen LogP contribution in [-0.4, -0.2) is 24.0 Å². The van der Waals surface area contributed by atoms with Gasteiger partial charge in [-0.2, -0.15) is 10.2 Å². The lowest BCUT2D eigenvalue weighted by Gasteiger charge is -2.02. The fraction of sp³-hybridized carbons (Fsp3) is 0.0625. The summed E-state index contributed by atoms with van der Waals surface area (Å²) in [5, 5.41) is 8.28. The Morgan fingerprint density at radius 2 is 1.36 bits per heavy atom. The number of benzene rings is 2. The lowest BCUT2D eigenvalue weighted by Crippen LogP contribution is -2.18. The number of hydrogen-bond acceptors (Lipinski definition) is 6. The highest BCUT2D eigenvalue weighted by Crippen LogP contribution is 2.09. The number of nitrogens with one attached hydrogen (secondary N) is 2. The van der Waals surface area contributed by atoms with Gasteiger partial charge in [-0.25, -0.2) is 4.79 Å². The molecule has 2 aromatic rings. The molecule has 3 rings (SSSR count). The molecule has 1 aliphatic rings. The minimum Gasteiger partial charge on any atom is -0.454 e. The number of rotatable bonds is 4. The van der Waals surface area contributed by atoms with Gasteiger partial charge in [0.1, 0.15) is 12.3 Å². The number of anilines is 2. The summed E-state index contributed by atoms with van der Waals surface area (Å²) in [4.78, 5) is 11.7. The zero-order valence-electron chi connectivity index (χ0n) is 11.7. The molecule has 6 nitrogen and oxygen atoms in total. The summed E-state index contributed by atoms with van der Waals surface area (Å²) in [5.41, 5.74) is 7.94. The molecular formula is C16H14N4O2. The van der Waals surface area contributed by atoms with Crippen molar-refractivity contribution in [3.8, 4) is 0 Å². The molecule has 0 aliphatic carbocycles. The maximum atomic E-state index is 11.7. The van der Waals surface area contributed by atoms with Crippen molar-refractivity contribution in [2.24, 2.45) is 10.2 Å². The standard InChI is InChI=1S/C16H14N4O2/c21-16-15(20-18-13-9-5-2-6-10-13)14(11-22-16)19-17-12-7-3-1-4-8-12/h1-10,17-18H,11H2/b19-14+,20-15-. The molecule has 0 bridgehead atoms. The Bertz CT molecular complexity index is 711. The average Bonchev–Trinajstić information content (AvgIpc) is 2.93. The lowest BCUT2D eigenvalue weighted by atomic mass is 10.3. The Kier molecular flexibility index (Phi) is 4.10. The van der Waals surface area contributed by atoms with E-state index >= 15 is 0 Å². The van der Waals surface area contributed by atoms with Crippen LogP contribution in [0.3, 0.4) is 0 Å². The first kappa shape index (κ1) is 13.8. The summed E-state index contributed by atoms with van der Waals surface area (Å²) in [5.74, 6) is -0.489. The molecule has 0 radical (unpaired) electrons. The van der Waals surface area contributed by atoms with Crippen LogP contribution in [0.15, 0.2) is 70.9 Å². The molecule has 0 amide bonds. The molecule has 1 aliphatic heterocycles. The third-order valence-corrected chi connectivity index (χ3v) is 2.97. The van der Waals surface area contributed by atoms with Gasteiger partial charge in [0.25, 0.3) is 0 Å². The van der Waals surface area contributed by atoms with Crippen LogP contribution < -0.4 is 10.9 Å². The van der Waals surface area contributed by atoms with Gasteiger partial charge in [-0.3, -0.25) is 10.9 Å². The molecule has 1 heterocycles. The average molecular weight is 294 g/mol. The van der Waals surface area contributed by atoms with E-state index in [4.69, 9.17) is 4.74 Å². The number of carbonyl (C=O) groups excluding carboxylic acids is 1. The van der Waals surface area contributed by atoms with Gasteiger partial charge in [0.05, 0.1) is 11.4 Å². The number of cyclic esters (lactones) is 1. The number of nitrogens with zero attached hydrogens (tertiary/aromatic N) is 2. The second-order valence-electron chi connectivity index (χ2n) is 4.55. The zero-order valence-corrected chi connectivity index (χ0v) is 11.7. The van der Waals surface area contributed by atoms with E-state index in [1.165, 1.54) is 0 Å². The summed E-state index contributed by atoms with van der Waals surface area (Å²) in [6.45, 7) is 0.105. The molecule has 1 fully saturated rings. The summed E-state index contributed by atoms with van der Waals surface area (Å²) in [6.07, 6.45) is 0. The Balaban J connectivity index is 1.74. The van der Waals surface area contributed by atoms with Crippen molar-refractivity contribution in [1.82, 2.24) is 0 Å². The van der Waals surface area contributed by atoms with Crippen molar-refractivity contribution in [1.29, 1.82) is 0 Å². The van der Waals surface area contributed by atoms with Crippen LogP contribution in [0.2, 0.25) is 0 Å². The molecule has 1 saturated heterocycles. The van der Waals surface area contributed by atoms with E-state index in [1.54, 1.807) is 0 Å². The van der Waals surface area contributed by atoms with Crippen LogP contribution in [0.5, 0.6) is 0 Å². The molecule has 110 valence electrons. The third kappa shape index (κ3) is 3.29. The first-order valence-electron chi connectivity index (χ1n) is 6.77. The smallest absolute Gasteiger partial charge is 0.361 e. The third-order valence-electron chi connectivity index (χ3n) is 2.97. The van der Waals surface area contributed by atoms with Crippen molar-refractivity contribution in [3.63, 3.8) is 0 Å². The SMILES string of the molecule is O=C1OCC(=N\Nc2ccccc2)/C1=N/Nc1ccccc1. The van der Waals surface area contributed by atoms with Crippen LogP contribution in [0.4, 0.5) is 11.4 Å². The minimum absolute atomic E-state index is 0.105. The number of esters is 1. The second kappa shape index (κ2) is 6.53. The van der Waals surface area contributed by atoms with Crippen LogP contribution in [-0.2, 0) is 9.53 Å². The Morgan fingerprint density at radius 3 is 1.95 bits per heavy atom. The van der Waals surface area contributed by atoms with E-state index in [0.29, 0.717) is 5.71 Å². The number of ether oxygens (including phenoxy) is 1. The van der Waals surface area contributed by atoms with Crippen molar-refractivity contribution >= 4 is 28.8 Å². The van der Waals surface area contributed by atoms with Gasteiger partial charge >= 0.3 is 5.97 Å². The molecule has 0 unspecified atom stereocenters. The fourth-order valence-electron chi connectivity index (χ4n) is 1.86. The molecule has 22 heavy (non-hydrogen) atoms. The second-order valence-corrected chi connectivity index (χ2v) is 4.55. The first-order chi connectivity index (χ1) is 10.8. The van der Waals surface area contributed by atoms with Gasteiger partial charge < -0.3 is 4.74 Å². The van der Waals surface area contributed by atoms with E-state index in [9.17, 15) is 4.79 Å². The highest BCUT2D eigenvalue weighted by Gasteiger charge is 2.29. The normalized spacial score (nSPS) is 17.5. The maximum Gasteiger partial charge on any atom is 0.361 e. The maximum absolute atomic E-state index is 11.7. The van der Waals surface area contributed by atoms with Gasteiger partial charge in [-0.1, -0.05) is 36.4 Å². The number of hydrogen-bond donors (Lipinski definition) is 2. The summed E-state index contributed by atoms with van der Waals surface area (Å²) in [6, 6.07) is 18.8. The lowest BCUT2D eigenvalue weighted by molar-refractivity contribution is -0.132. The summed E-state index contributed by atoms with van der Waals surface area (Å²) < 4.78 is 4.97. The zero-order chi connectivity index (χ0) is 15.2. The van der Waals surface area contributed by atoms with Gasteiger partial charge in [-0.15, -0.1) is 0 Å². The molecule has 0 atom stereocenters. The molecule has 2 N–H and O–H groups in total. The highest BCUT2D eigenvalue weighted by atomic mass is 16.5. The van der Waals surface area contributed by atoms with E-state index in [1.807, 2.05) is 60.7 Å². The van der Waals surface area contributed by atoms with Crippen molar-refractivity contribution in [2.45, 2.75) is 0 Å². The molecule has 6 heteroatoms.